The van der Waals surface area contributed by atoms with Crippen LogP contribution in [0.25, 0.3) is 10.2 Å². The standard InChI is InChI=1S/C14H13N7OS2/c1-8-2-3-10-9(6-8)17-13(24-10)18-11(22)7-21-12(16)19-20-14(21)23-5-4-15/h2-3,6H,5,7H2,1H3,(H2,16,19)(H,17,18,22). The van der Waals surface area contributed by atoms with Crippen molar-refractivity contribution in [3.8, 4) is 6.07 Å². The lowest BCUT2D eigenvalue weighted by atomic mass is 10.2. The number of thiazole rings is 1. The number of carbonyl (C=O) groups excluding carboxylic acids is 1. The number of nitrogens with one attached hydrogen (secondary N) is 1. The van der Waals surface area contributed by atoms with E-state index < -0.39 is 0 Å². The van der Waals surface area contributed by atoms with Gasteiger partial charge in [-0.25, -0.2) is 4.98 Å². The van der Waals surface area contributed by atoms with E-state index in [4.69, 9.17) is 11.0 Å². The zero-order valence-corrected chi connectivity index (χ0v) is 14.3. The summed E-state index contributed by atoms with van der Waals surface area (Å²) in [6.45, 7) is 1.95. The predicted octanol–water partition coefficient (Wildman–Crippen LogP) is 2.03. The van der Waals surface area contributed by atoms with Gasteiger partial charge in [-0.1, -0.05) is 29.2 Å². The third-order valence-electron chi connectivity index (χ3n) is 3.10. The van der Waals surface area contributed by atoms with Crippen molar-refractivity contribution in [3.63, 3.8) is 0 Å². The summed E-state index contributed by atoms with van der Waals surface area (Å²) in [5.41, 5.74) is 7.70. The summed E-state index contributed by atoms with van der Waals surface area (Å²) in [6.07, 6.45) is 0. The minimum atomic E-state index is -0.281. The zero-order valence-electron chi connectivity index (χ0n) is 12.7. The Bertz CT molecular complexity index is 940. The number of nitrogens with two attached hydrogens (primary N) is 1. The van der Waals surface area contributed by atoms with Crippen LogP contribution < -0.4 is 11.1 Å². The second-order valence-corrected chi connectivity index (χ2v) is 6.89. The molecule has 0 atom stereocenters. The minimum Gasteiger partial charge on any atom is -0.368 e. The molecule has 0 aliphatic heterocycles. The molecule has 2 aromatic heterocycles. The van der Waals surface area contributed by atoms with Crippen LogP contribution in [0.2, 0.25) is 0 Å². The molecule has 0 saturated heterocycles. The SMILES string of the molecule is Cc1ccc2sc(NC(=O)Cn3c(N)nnc3SCC#N)nc2c1. The molecule has 0 spiro atoms. The van der Waals surface area contributed by atoms with Crippen LogP contribution in [0.4, 0.5) is 11.1 Å². The van der Waals surface area contributed by atoms with Gasteiger partial charge >= 0.3 is 0 Å². The number of nitrogen functional groups attached to an aromatic ring is 1. The number of hydrogen-bond acceptors (Lipinski definition) is 8. The number of aryl methyl sites for hydroxylation is 1. The normalized spacial score (nSPS) is 10.7. The van der Waals surface area contributed by atoms with E-state index in [1.54, 1.807) is 0 Å². The monoisotopic (exact) mass is 359 g/mol. The van der Waals surface area contributed by atoms with Crippen LogP contribution in [0, 0.1) is 18.3 Å². The molecule has 3 rings (SSSR count). The maximum Gasteiger partial charge on any atom is 0.246 e. The quantitative estimate of drug-likeness (QED) is 0.668. The van der Waals surface area contributed by atoms with Gasteiger partial charge in [0.25, 0.3) is 0 Å². The van der Waals surface area contributed by atoms with Crippen molar-refractivity contribution >= 4 is 50.3 Å². The first kappa shape index (κ1) is 16.2. The number of aromatic nitrogens is 4. The van der Waals surface area contributed by atoms with Crippen molar-refractivity contribution in [2.75, 3.05) is 16.8 Å². The van der Waals surface area contributed by atoms with Gasteiger partial charge in [0.1, 0.15) is 6.54 Å². The Kier molecular flexibility index (Phi) is 4.64. The van der Waals surface area contributed by atoms with Crippen LogP contribution >= 0.6 is 23.1 Å². The van der Waals surface area contributed by atoms with Crippen molar-refractivity contribution < 1.29 is 4.79 Å². The molecule has 0 aliphatic rings. The molecule has 0 saturated carbocycles. The van der Waals surface area contributed by atoms with Crippen molar-refractivity contribution in [3.05, 3.63) is 23.8 Å². The summed E-state index contributed by atoms with van der Waals surface area (Å²) in [6, 6.07) is 7.95. The van der Waals surface area contributed by atoms with Gasteiger partial charge in [-0.2, -0.15) is 5.26 Å². The van der Waals surface area contributed by atoms with E-state index in [9.17, 15) is 4.79 Å². The largest absolute Gasteiger partial charge is 0.368 e. The van der Waals surface area contributed by atoms with Gasteiger partial charge in [0.2, 0.25) is 11.9 Å². The summed E-state index contributed by atoms with van der Waals surface area (Å²) < 4.78 is 2.47. The second kappa shape index (κ2) is 6.86. The third kappa shape index (κ3) is 3.47. The number of carbonyl (C=O) groups is 1. The molecular formula is C14H13N7OS2. The molecule has 0 radical (unpaired) electrons. The lowest BCUT2D eigenvalue weighted by Gasteiger charge is -2.06. The number of fused-ring (bicyclic) bond motifs is 1. The highest BCUT2D eigenvalue weighted by atomic mass is 32.2. The number of nitrogens with zero attached hydrogens (tertiary/aromatic N) is 5. The number of benzene rings is 1. The van der Waals surface area contributed by atoms with Gasteiger partial charge < -0.3 is 11.1 Å². The number of nitriles is 1. The molecule has 3 N–H and O–H groups in total. The van der Waals surface area contributed by atoms with Gasteiger partial charge in [0, 0.05) is 0 Å². The Balaban J connectivity index is 1.73. The molecule has 0 bridgehead atoms. The first-order chi connectivity index (χ1) is 11.6. The highest BCUT2D eigenvalue weighted by Crippen LogP contribution is 2.26. The van der Waals surface area contributed by atoms with Gasteiger partial charge in [0.05, 0.1) is 22.0 Å². The van der Waals surface area contributed by atoms with Crippen LogP contribution in [0.5, 0.6) is 0 Å². The minimum absolute atomic E-state index is 0.0401. The van der Waals surface area contributed by atoms with Crippen LogP contribution in [0.3, 0.4) is 0 Å². The van der Waals surface area contributed by atoms with Crippen LogP contribution in [-0.2, 0) is 11.3 Å². The van der Waals surface area contributed by atoms with E-state index >= 15 is 0 Å². The smallest absolute Gasteiger partial charge is 0.246 e. The van der Waals surface area contributed by atoms with Crippen molar-refractivity contribution in [2.24, 2.45) is 0 Å². The molecule has 0 aliphatic carbocycles. The number of hydrogen-bond donors (Lipinski definition) is 2. The maximum atomic E-state index is 12.3. The van der Waals surface area contributed by atoms with Gasteiger partial charge in [-0.05, 0) is 24.6 Å². The molecule has 122 valence electrons. The van der Waals surface area contributed by atoms with E-state index in [1.165, 1.54) is 27.7 Å². The lowest BCUT2D eigenvalue weighted by molar-refractivity contribution is -0.116. The number of rotatable bonds is 5. The van der Waals surface area contributed by atoms with E-state index in [1.807, 2.05) is 31.2 Å². The Morgan fingerprint density at radius 3 is 3.12 bits per heavy atom. The van der Waals surface area contributed by atoms with Crippen LogP contribution in [0.1, 0.15) is 5.56 Å². The fourth-order valence-electron chi connectivity index (χ4n) is 2.05. The molecule has 3 aromatic rings. The second-order valence-electron chi connectivity index (χ2n) is 4.91. The molecule has 8 nitrogen and oxygen atoms in total. The van der Waals surface area contributed by atoms with Gasteiger partial charge in [-0.15, -0.1) is 10.2 Å². The fourth-order valence-corrected chi connectivity index (χ4v) is 3.51. The Labute approximate surface area is 145 Å². The molecule has 1 aromatic carbocycles. The molecule has 24 heavy (non-hydrogen) atoms. The van der Waals surface area contributed by atoms with Crippen molar-refractivity contribution in [1.29, 1.82) is 5.26 Å². The Hall–Kier alpha value is -2.64. The molecule has 0 unspecified atom stereocenters. The van der Waals surface area contributed by atoms with E-state index in [0.29, 0.717) is 10.3 Å². The zero-order chi connectivity index (χ0) is 17.1. The first-order valence-electron chi connectivity index (χ1n) is 6.92. The van der Waals surface area contributed by atoms with Crippen LogP contribution in [0.15, 0.2) is 23.4 Å². The molecule has 10 heteroatoms. The van der Waals surface area contributed by atoms with E-state index in [-0.39, 0.29) is 24.2 Å². The van der Waals surface area contributed by atoms with Crippen molar-refractivity contribution in [2.45, 2.75) is 18.6 Å². The molecule has 1 amide bonds. The number of anilines is 2. The summed E-state index contributed by atoms with van der Waals surface area (Å²) in [4.78, 5) is 16.7. The van der Waals surface area contributed by atoms with Crippen molar-refractivity contribution in [1.82, 2.24) is 19.7 Å². The highest BCUT2D eigenvalue weighted by Gasteiger charge is 2.15. The average molecular weight is 359 g/mol. The Morgan fingerprint density at radius 1 is 1.50 bits per heavy atom. The first-order valence-corrected chi connectivity index (χ1v) is 8.72. The summed E-state index contributed by atoms with van der Waals surface area (Å²) >= 11 is 2.58. The maximum absolute atomic E-state index is 12.3. The van der Waals surface area contributed by atoms with Crippen LogP contribution in [-0.4, -0.2) is 31.4 Å². The van der Waals surface area contributed by atoms with Gasteiger partial charge in [-0.3, -0.25) is 9.36 Å². The topological polar surface area (TPSA) is 123 Å². The lowest BCUT2D eigenvalue weighted by Crippen LogP contribution is -2.20. The number of thioether (sulfide) groups is 1. The van der Waals surface area contributed by atoms with Gasteiger partial charge in [0.15, 0.2) is 10.3 Å². The van der Waals surface area contributed by atoms with E-state index in [0.717, 1.165) is 15.8 Å². The summed E-state index contributed by atoms with van der Waals surface area (Å²) in [7, 11) is 0. The number of amides is 1. The predicted molar refractivity (Wildman–Crippen MR) is 93.8 cm³/mol. The van der Waals surface area contributed by atoms with E-state index in [2.05, 4.69) is 20.5 Å². The Morgan fingerprint density at radius 2 is 2.33 bits per heavy atom. The molecular weight excluding hydrogens is 346 g/mol. The summed E-state index contributed by atoms with van der Waals surface area (Å²) in [5.74, 6) is 0.0540. The summed E-state index contributed by atoms with van der Waals surface area (Å²) in [5, 5.41) is 20.0. The highest BCUT2D eigenvalue weighted by molar-refractivity contribution is 7.99. The molecule has 2 heterocycles. The average Bonchev–Trinajstić information content (AvgIpc) is 3.09. The molecule has 0 fully saturated rings. The fraction of sp³-hybridized carbons (Fsp3) is 0.214. The third-order valence-corrected chi connectivity index (χ3v) is 4.89.